The predicted octanol–water partition coefficient (Wildman–Crippen LogP) is 18.0. The van der Waals surface area contributed by atoms with Gasteiger partial charge in [-0.15, -0.1) is 0 Å². The van der Waals surface area contributed by atoms with Gasteiger partial charge in [0.2, 0.25) is 0 Å². The minimum absolute atomic E-state index is 0.0332. The summed E-state index contributed by atoms with van der Waals surface area (Å²) >= 11 is 0. The molecule has 5 nitrogen and oxygen atoms in total. The zero-order chi connectivity index (χ0) is 51.7. The second kappa shape index (κ2) is 18.3. The SMILES string of the molecule is CC(C)(C)c1cc(N2CN(c3cc(Oc4cc(C(C)(C)C)c5c6ccccc6n(-c6cc(C(C)(C)c7ccccc7)ccn6)c5c4)cc(-c4ccccc4)c3)C=C2C(C)(C)c2ccccc2)cc(C(C)(C)C)c1. The van der Waals surface area contributed by atoms with E-state index in [-0.39, 0.29) is 27.1 Å². The van der Waals surface area contributed by atoms with Crippen molar-refractivity contribution in [3.8, 4) is 28.4 Å². The van der Waals surface area contributed by atoms with E-state index in [2.05, 4.69) is 287 Å². The van der Waals surface area contributed by atoms with Crippen LogP contribution < -0.4 is 14.5 Å². The first kappa shape index (κ1) is 49.2. The maximum absolute atomic E-state index is 7.29. The minimum atomic E-state index is -0.324. The fraction of sp³-hybridized carbons (Fsp3) is 0.279. The molecule has 1 aliphatic rings. The molecule has 0 spiro atoms. The number of fused-ring (bicyclic) bond motifs is 3. The van der Waals surface area contributed by atoms with Crippen LogP contribution in [0.3, 0.4) is 0 Å². The molecular weight excluding hydrogens is 889 g/mol. The number of pyridine rings is 1. The molecule has 0 N–H and O–H groups in total. The van der Waals surface area contributed by atoms with Gasteiger partial charge < -0.3 is 14.5 Å². The van der Waals surface area contributed by atoms with E-state index in [4.69, 9.17) is 9.72 Å². The van der Waals surface area contributed by atoms with Gasteiger partial charge in [0.05, 0.1) is 17.7 Å². The van der Waals surface area contributed by atoms with E-state index < -0.39 is 0 Å². The maximum atomic E-state index is 7.29. The Morgan fingerprint density at radius 2 is 1.01 bits per heavy atom. The van der Waals surface area contributed by atoms with Crippen LogP contribution in [-0.4, -0.2) is 16.2 Å². The Kier molecular flexibility index (Phi) is 12.3. The first-order chi connectivity index (χ1) is 34.6. The number of ether oxygens (including phenoxy) is 1. The summed E-state index contributed by atoms with van der Waals surface area (Å²) in [6.07, 6.45) is 4.34. The molecule has 370 valence electrons. The van der Waals surface area contributed by atoms with Gasteiger partial charge in [0, 0.05) is 63.2 Å². The molecule has 1 aliphatic heterocycles. The molecule has 2 aromatic heterocycles. The van der Waals surface area contributed by atoms with Crippen molar-refractivity contribution in [2.45, 2.75) is 117 Å². The topological polar surface area (TPSA) is 33.5 Å². The Balaban J connectivity index is 1.14. The molecular formula is C68H72N4O. The third-order valence-corrected chi connectivity index (χ3v) is 15.3. The monoisotopic (exact) mass is 961 g/mol. The van der Waals surface area contributed by atoms with Crippen LogP contribution in [0.4, 0.5) is 11.4 Å². The first-order valence-electron chi connectivity index (χ1n) is 26.0. The average molecular weight is 961 g/mol. The van der Waals surface area contributed by atoms with Crippen molar-refractivity contribution in [2.24, 2.45) is 0 Å². The number of benzene rings is 7. The summed E-state index contributed by atoms with van der Waals surface area (Å²) in [4.78, 5) is 10.1. The second-order valence-corrected chi connectivity index (χ2v) is 24.4. The summed E-state index contributed by atoms with van der Waals surface area (Å²) < 4.78 is 9.63. The zero-order valence-electron chi connectivity index (χ0n) is 45.3. The third-order valence-electron chi connectivity index (χ3n) is 15.3. The highest BCUT2D eigenvalue weighted by Gasteiger charge is 2.37. The Bertz CT molecular complexity index is 3470. The van der Waals surface area contributed by atoms with Crippen molar-refractivity contribution >= 4 is 33.2 Å². The first-order valence-corrected chi connectivity index (χ1v) is 26.0. The van der Waals surface area contributed by atoms with E-state index in [0.29, 0.717) is 6.67 Å². The van der Waals surface area contributed by atoms with Gasteiger partial charge in [-0.25, -0.2) is 4.98 Å². The van der Waals surface area contributed by atoms with Gasteiger partial charge >= 0.3 is 0 Å². The molecule has 7 aromatic carbocycles. The number of aromatic nitrogens is 2. The normalized spacial score (nSPS) is 13.8. The van der Waals surface area contributed by atoms with E-state index in [0.717, 1.165) is 45.2 Å². The molecule has 0 bridgehead atoms. The molecule has 0 radical (unpaired) electrons. The van der Waals surface area contributed by atoms with Crippen molar-refractivity contribution in [3.63, 3.8) is 0 Å². The van der Waals surface area contributed by atoms with Gasteiger partial charge in [-0.3, -0.25) is 4.57 Å². The maximum Gasteiger partial charge on any atom is 0.137 e. The molecule has 0 aliphatic carbocycles. The zero-order valence-corrected chi connectivity index (χ0v) is 45.3. The molecule has 73 heavy (non-hydrogen) atoms. The standard InChI is InChI=1S/C68H72N4O/c1-64(2,3)51-37-52(65(4,5)6)39-54(38-51)71-45-70(44-61(71)68(12,13)49-29-21-16-22-30-49)53-35-47(46-25-17-14-18-26-46)36-55(41-53)73-56-42-58(66(7,8)9)63-57-31-23-24-32-59(57)72(60(63)43-56)62-40-50(33-34-69-62)67(10,11)48-27-19-15-20-28-48/h14-44H,45H2,1-13H3. The van der Waals surface area contributed by atoms with Crippen LogP contribution in [0.2, 0.25) is 0 Å². The fourth-order valence-electron chi connectivity index (χ4n) is 10.7. The largest absolute Gasteiger partial charge is 0.457 e. The number of allylic oxidation sites excluding steroid dienone is 1. The van der Waals surface area contributed by atoms with E-state index in [9.17, 15) is 0 Å². The molecule has 0 atom stereocenters. The summed E-state index contributed by atoms with van der Waals surface area (Å²) in [6, 6.07) is 64.0. The van der Waals surface area contributed by atoms with E-state index in [1.54, 1.807) is 0 Å². The summed E-state index contributed by atoms with van der Waals surface area (Å²) in [7, 11) is 0. The molecule has 3 heterocycles. The van der Waals surface area contributed by atoms with Crippen LogP contribution in [0.5, 0.6) is 11.5 Å². The molecule has 0 amide bonds. The molecule has 5 heteroatoms. The summed E-state index contributed by atoms with van der Waals surface area (Å²) in [5.74, 6) is 2.42. The van der Waals surface area contributed by atoms with Crippen LogP contribution >= 0.6 is 0 Å². The highest BCUT2D eigenvalue weighted by Crippen LogP contribution is 2.46. The average Bonchev–Trinajstić information content (AvgIpc) is 3.97. The van der Waals surface area contributed by atoms with Crippen molar-refractivity contribution in [3.05, 3.63) is 227 Å². The lowest BCUT2D eigenvalue weighted by Crippen LogP contribution is -2.34. The fourth-order valence-corrected chi connectivity index (χ4v) is 10.7. The summed E-state index contributed by atoms with van der Waals surface area (Å²) in [5, 5.41) is 2.41. The number of hydrogen-bond acceptors (Lipinski definition) is 4. The van der Waals surface area contributed by atoms with E-state index >= 15 is 0 Å². The quantitative estimate of drug-likeness (QED) is 0.137. The van der Waals surface area contributed by atoms with Gasteiger partial charge in [0.1, 0.15) is 17.3 Å². The Hall–Kier alpha value is -7.37. The lowest BCUT2D eigenvalue weighted by atomic mass is 9.78. The van der Waals surface area contributed by atoms with Crippen LogP contribution in [-0.2, 0) is 27.1 Å². The molecule has 0 saturated carbocycles. The number of hydrogen-bond donors (Lipinski definition) is 0. The highest BCUT2D eigenvalue weighted by molar-refractivity contribution is 6.11. The van der Waals surface area contributed by atoms with Gasteiger partial charge in [0.25, 0.3) is 0 Å². The van der Waals surface area contributed by atoms with E-state index in [1.165, 1.54) is 55.5 Å². The lowest BCUT2D eigenvalue weighted by molar-refractivity contribution is 0.480. The number of para-hydroxylation sites is 1. The number of rotatable bonds is 10. The number of nitrogens with zero attached hydrogens (tertiary/aromatic N) is 4. The van der Waals surface area contributed by atoms with Gasteiger partial charge in [-0.05, 0) is 109 Å². The molecule has 10 rings (SSSR count). The third kappa shape index (κ3) is 9.47. The van der Waals surface area contributed by atoms with Gasteiger partial charge in [0.15, 0.2) is 0 Å². The van der Waals surface area contributed by atoms with Crippen LogP contribution in [0.15, 0.2) is 194 Å². The minimum Gasteiger partial charge on any atom is -0.457 e. The molecule has 9 aromatic rings. The van der Waals surface area contributed by atoms with Gasteiger partial charge in [-0.1, -0.05) is 205 Å². The summed E-state index contributed by atoms with van der Waals surface area (Å²) in [5.41, 5.74) is 14.6. The molecule has 0 fully saturated rings. The smallest absolute Gasteiger partial charge is 0.137 e. The summed E-state index contributed by atoms with van der Waals surface area (Å²) in [6.45, 7) is 30.8. The Labute approximate surface area is 434 Å². The lowest BCUT2D eigenvalue weighted by Gasteiger charge is -2.36. The van der Waals surface area contributed by atoms with E-state index in [1.807, 2.05) is 6.20 Å². The molecule has 0 unspecified atom stereocenters. The highest BCUT2D eigenvalue weighted by atomic mass is 16.5. The van der Waals surface area contributed by atoms with Crippen LogP contribution in [0.1, 0.15) is 123 Å². The van der Waals surface area contributed by atoms with Crippen LogP contribution in [0, 0.1) is 0 Å². The van der Waals surface area contributed by atoms with Crippen LogP contribution in [0.25, 0.3) is 38.8 Å². The van der Waals surface area contributed by atoms with Crippen molar-refractivity contribution in [2.75, 3.05) is 16.5 Å². The Morgan fingerprint density at radius 1 is 0.438 bits per heavy atom. The number of anilines is 2. The van der Waals surface area contributed by atoms with Crippen molar-refractivity contribution in [1.82, 2.24) is 9.55 Å². The van der Waals surface area contributed by atoms with Gasteiger partial charge in [-0.2, -0.15) is 0 Å². The van der Waals surface area contributed by atoms with Crippen molar-refractivity contribution in [1.29, 1.82) is 0 Å². The Morgan fingerprint density at radius 3 is 1.63 bits per heavy atom. The van der Waals surface area contributed by atoms with Crippen molar-refractivity contribution < 1.29 is 4.74 Å². The molecule has 0 saturated heterocycles. The predicted molar refractivity (Wildman–Crippen MR) is 309 cm³/mol. The second-order valence-electron chi connectivity index (χ2n) is 24.4.